The molecule has 0 saturated heterocycles. The third kappa shape index (κ3) is 1.66. The van der Waals surface area contributed by atoms with E-state index < -0.39 is 0 Å². The van der Waals surface area contributed by atoms with Gasteiger partial charge in [0.2, 0.25) is 0 Å². The van der Waals surface area contributed by atoms with E-state index >= 15 is 0 Å². The third-order valence-electron chi connectivity index (χ3n) is 2.25. The van der Waals surface area contributed by atoms with Crippen LogP contribution >= 0.6 is 27.5 Å². The van der Waals surface area contributed by atoms with E-state index in [4.69, 9.17) is 11.6 Å². The average molecular weight is 274 g/mol. The van der Waals surface area contributed by atoms with Gasteiger partial charge in [-0.3, -0.25) is 0 Å². The zero-order valence-corrected chi connectivity index (χ0v) is 10.1. The van der Waals surface area contributed by atoms with Gasteiger partial charge in [0.05, 0.1) is 11.0 Å². The van der Waals surface area contributed by atoms with Gasteiger partial charge in [-0.05, 0) is 18.2 Å². The fourth-order valence-electron chi connectivity index (χ4n) is 1.52. The first-order valence-corrected chi connectivity index (χ1v) is 5.72. The van der Waals surface area contributed by atoms with Gasteiger partial charge in [-0.1, -0.05) is 15.9 Å². The molecule has 0 saturated carbocycles. The van der Waals surface area contributed by atoms with E-state index in [-0.39, 0.29) is 0 Å². The highest BCUT2D eigenvalue weighted by Gasteiger charge is 2.06. The monoisotopic (exact) mass is 272 g/mol. The van der Waals surface area contributed by atoms with Crippen LogP contribution in [0, 0.1) is 0 Å². The van der Waals surface area contributed by atoms with Crippen molar-refractivity contribution < 1.29 is 0 Å². The van der Waals surface area contributed by atoms with E-state index in [1.165, 1.54) is 0 Å². The van der Waals surface area contributed by atoms with Gasteiger partial charge >= 0.3 is 0 Å². The molecule has 4 heteroatoms. The average Bonchev–Trinajstić information content (AvgIpc) is 2.46. The van der Waals surface area contributed by atoms with Crippen LogP contribution in [0.4, 0.5) is 0 Å². The Bertz CT molecular complexity index is 464. The van der Waals surface area contributed by atoms with Gasteiger partial charge in [0.15, 0.2) is 0 Å². The molecule has 0 unspecified atom stereocenters. The Morgan fingerprint density at radius 3 is 3.00 bits per heavy atom. The second kappa shape index (κ2) is 3.91. The highest BCUT2D eigenvalue weighted by atomic mass is 79.9. The molecule has 14 heavy (non-hydrogen) atoms. The van der Waals surface area contributed by atoms with Crippen molar-refractivity contribution >= 4 is 38.6 Å². The summed E-state index contributed by atoms with van der Waals surface area (Å²) in [6.45, 7) is 0. The van der Waals surface area contributed by atoms with Gasteiger partial charge in [0.1, 0.15) is 5.82 Å². The molecule has 2 aromatic rings. The lowest BCUT2D eigenvalue weighted by atomic mass is 10.3. The number of hydrogen-bond acceptors (Lipinski definition) is 1. The van der Waals surface area contributed by atoms with Crippen molar-refractivity contribution in [1.82, 2.24) is 9.55 Å². The normalized spacial score (nSPS) is 11.1. The number of aryl methyl sites for hydroxylation is 2. The van der Waals surface area contributed by atoms with Gasteiger partial charge in [-0.25, -0.2) is 4.98 Å². The highest BCUT2D eigenvalue weighted by Crippen LogP contribution is 2.20. The number of aromatic nitrogens is 2. The molecule has 1 aromatic carbocycles. The van der Waals surface area contributed by atoms with Crippen molar-refractivity contribution in [1.29, 1.82) is 0 Å². The summed E-state index contributed by atoms with van der Waals surface area (Å²) in [5.74, 6) is 1.64. The van der Waals surface area contributed by atoms with E-state index in [9.17, 15) is 0 Å². The first-order chi connectivity index (χ1) is 6.72. The molecule has 0 bridgehead atoms. The maximum atomic E-state index is 5.70. The smallest absolute Gasteiger partial charge is 0.110 e. The minimum Gasteiger partial charge on any atom is -0.331 e. The standard InChI is InChI=1S/C10H10BrClN2/c1-14-9-6-7(11)2-3-8(9)13-10(14)4-5-12/h2-3,6H,4-5H2,1H3. The van der Waals surface area contributed by atoms with Crippen LogP contribution in [0.3, 0.4) is 0 Å². The maximum Gasteiger partial charge on any atom is 0.110 e. The molecule has 0 aliphatic heterocycles. The van der Waals surface area contributed by atoms with Crippen molar-refractivity contribution in [3.05, 3.63) is 28.5 Å². The van der Waals surface area contributed by atoms with Crippen molar-refractivity contribution in [2.45, 2.75) is 6.42 Å². The summed E-state index contributed by atoms with van der Waals surface area (Å²) in [6, 6.07) is 6.08. The predicted molar refractivity (Wildman–Crippen MR) is 62.8 cm³/mol. The van der Waals surface area contributed by atoms with Crippen molar-refractivity contribution in [3.8, 4) is 0 Å². The highest BCUT2D eigenvalue weighted by molar-refractivity contribution is 9.10. The van der Waals surface area contributed by atoms with Crippen molar-refractivity contribution in [2.24, 2.45) is 7.05 Å². The largest absolute Gasteiger partial charge is 0.331 e. The SMILES string of the molecule is Cn1c(CCCl)nc2ccc(Br)cc21. The summed E-state index contributed by atoms with van der Waals surface area (Å²) in [5.41, 5.74) is 2.16. The molecule has 0 atom stereocenters. The lowest BCUT2D eigenvalue weighted by Crippen LogP contribution is -1.98. The third-order valence-corrected chi connectivity index (χ3v) is 2.94. The number of imidazole rings is 1. The number of rotatable bonds is 2. The van der Waals surface area contributed by atoms with Crippen LogP contribution in [-0.4, -0.2) is 15.4 Å². The van der Waals surface area contributed by atoms with Crippen LogP contribution < -0.4 is 0 Å². The van der Waals surface area contributed by atoms with Crippen molar-refractivity contribution in [2.75, 3.05) is 5.88 Å². The van der Waals surface area contributed by atoms with E-state index in [2.05, 4.69) is 31.5 Å². The van der Waals surface area contributed by atoms with Gasteiger partial charge in [0, 0.05) is 23.8 Å². The van der Waals surface area contributed by atoms with Crippen LogP contribution in [0.25, 0.3) is 11.0 Å². The van der Waals surface area contributed by atoms with E-state index in [0.717, 1.165) is 27.8 Å². The van der Waals surface area contributed by atoms with Crippen LogP contribution in [0.15, 0.2) is 22.7 Å². The van der Waals surface area contributed by atoms with E-state index in [0.29, 0.717) is 5.88 Å². The summed E-state index contributed by atoms with van der Waals surface area (Å²) >= 11 is 9.15. The Hall–Kier alpha value is -0.540. The van der Waals surface area contributed by atoms with Crippen LogP contribution in [0.1, 0.15) is 5.82 Å². The summed E-state index contributed by atoms with van der Waals surface area (Å²) in [4.78, 5) is 4.50. The Morgan fingerprint density at radius 1 is 1.50 bits per heavy atom. The maximum absolute atomic E-state index is 5.70. The van der Waals surface area contributed by atoms with Gasteiger partial charge in [-0.15, -0.1) is 11.6 Å². The van der Waals surface area contributed by atoms with E-state index in [1.54, 1.807) is 0 Å². The fraction of sp³-hybridized carbons (Fsp3) is 0.300. The molecule has 0 fully saturated rings. The molecule has 0 N–H and O–H groups in total. The minimum atomic E-state index is 0.609. The second-order valence-corrected chi connectivity index (χ2v) is 4.45. The summed E-state index contributed by atoms with van der Waals surface area (Å²) in [5, 5.41) is 0. The number of nitrogens with zero attached hydrogens (tertiary/aromatic N) is 2. The van der Waals surface area contributed by atoms with Crippen LogP contribution in [0.2, 0.25) is 0 Å². The Balaban J connectivity index is 2.62. The van der Waals surface area contributed by atoms with E-state index in [1.807, 2.05) is 19.2 Å². The van der Waals surface area contributed by atoms with Crippen LogP contribution in [-0.2, 0) is 13.5 Å². The molecule has 0 aliphatic rings. The zero-order valence-electron chi connectivity index (χ0n) is 7.80. The van der Waals surface area contributed by atoms with Gasteiger partial charge in [-0.2, -0.15) is 0 Å². The van der Waals surface area contributed by atoms with Gasteiger partial charge < -0.3 is 4.57 Å². The summed E-state index contributed by atoms with van der Waals surface area (Å²) in [6.07, 6.45) is 0.810. The number of alkyl halides is 1. The molecule has 0 spiro atoms. The number of halogens is 2. The zero-order chi connectivity index (χ0) is 10.1. The number of fused-ring (bicyclic) bond motifs is 1. The van der Waals surface area contributed by atoms with Crippen molar-refractivity contribution in [3.63, 3.8) is 0 Å². The first kappa shape index (κ1) is 9.99. The topological polar surface area (TPSA) is 17.8 Å². The Morgan fingerprint density at radius 2 is 2.29 bits per heavy atom. The fourth-order valence-corrected chi connectivity index (χ4v) is 2.04. The second-order valence-electron chi connectivity index (χ2n) is 3.16. The molecular formula is C10H10BrClN2. The Kier molecular flexibility index (Phi) is 2.79. The molecular weight excluding hydrogens is 263 g/mol. The Labute approximate surface area is 96.0 Å². The molecule has 0 amide bonds. The van der Waals surface area contributed by atoms with Gasteiger partial charge in [0.25, 0.3) is 0 Å². The quantitative estimate of drug-likeness (QED) is 0.769. The van der Waals surface area contributed by atoms with Crippen LogP contribution in [0.5, 0.6) is 0 Å². The molecule has 1 heterocycles. The minimum absolute atomic E-state index is 0.609. The molecule has 1 aromatic heterocycles. The molecule has 0 aliphatic carbocycles. The molecule has 2 nitrogen and oxygen atoms in total. The summed E-state index contributed by atoms with van der Waals surface area (Å²) in [7, 11) is 2.02. The molecule has 74 valence electrons. The molecule has 2 rings (SSSR count). The molecule has 0 radical (unpaired) electrons. The lowest BCUT2D eigenvalue weighted by Gasteiger charge is -1.99. The summed E-state index contributed by atoms with van der Waals surface area (Å²) < 4.78 is 3.16. The number of hydrogen-bond donors (Lipinski definition) is 0. The number of benzene rings is 1. The lowest BCUT2D eigenvalue weighted by molar-refractivity contribution is 0.831. The predicted octanol–water partition coefficient (Wildman–Crippen LogP) is 3.12. The first-order valence-electron chi connectivity index (χ1n) is 4.39.